The maximum atomic E-state index is 12.0. The fourth-order valence-corrected chi connectivity index (χ4v) is 2.74. The number of hydrogen-bond acceptors (Lipinski definition) is 5. The van der Waals surface area contributed by atoms with Gasteiger partial charge >= 0.3 is 0 Å². The van der Waals surface area contributed by atoms with E-state index in [1.54, 1.807) is 0 Å². The molecule has 1 aromatic heterocycles. The molecule has 0 spiro atoms. The van der Waals surface area contributed by atoms with E-state index in [1.807, 2.05) is 24.3 Å². The Labute approximate surface area is 118 Å². The van der Waals surface area contributed by atoms with Gasteiger partial charge in [0.2, 0.25) is 9.47 Å². The minimum Gasteiger partial charge on any atom is -0.493 e. The predicted octanol–water partition coefficient (Wildman–Crippen LogP) is 2.45. The monoisotopic (exact) mass is 295 g/mol. The van der Waals surface area contributed by atoms with Crippen molar-refractivity contribution < 1.29 is 9.53 Å². The Kier molecular flexibility index (Phi) is 3.35. The highest BCUT2D eigenvalue weighted by molar-refractivity contribution is 7.17. The van der Waals surface area contributed by atoms with Crippen molar-refractivity contribution in [1.82, 2.24) is 15.5 Å². The molecule has 0 saturated carbocycles. The Hall–Kier alpha value is -1.66. The average molecular weight is 296 g/mol. The normalized spacial score (nSPS) is 17.4. The summed E-state index contributed by atoms with van der Waals surface area (Å²) in [7, 11) is 0. The van der Waals surface area contributed by atoms with Gasteiger partial charge in [-0.25, -0.2) is 0 Å². The van der Waals surface area contributed by atoms with Crippen LogP contribution in [0.25, 0.3) is 0 Å². The molecule has 1 amide bonds. The Morgan fingerprint density at radius 2 is 2.26 bits per heavy atom. The molecule has 1 atom stereocenters. The van der Waals surface area contributed by atoms with Crippen molar-refractivity contribution in [1.29, 1.82) is 0 Å². The molecule has 98 valence electrons. The lowest BCUT2D eigenvalue weighted by atomic mass is 10.0. The second-order valence-electron chi connectivity index (χ2n) is 4.06. The molecule has 0 saturated heterocycles. The Morgan fingerprint density at radius 3 is 3.05 bits per heavy atom. The van der Waals surface area contributed by atoms with Gasteiger partial charge in [-0.1, -0.05) is 29.5 Å². The van der Waals surface area contributed by atoms with Gasteiger partial charge in [0.1, 0.15) is 5.75 Å². The van der Waals surface area contributed by atoms with E-state index in [2.05, 4.69) is 15.5 Å². The largest absolute Gasteiger partial charge is 0.493 e. The number of hydrogen-bond donors (Lipinski definition) is 1. The number of nitrogens with zero attached hydrogens (tertiary/aromatic N) is 2. The summed E-state index contributed by atoms with van der Waals surface area (Å²) >= 11 is 6.74. The van der Waals surface area contributed by atoms with Crippen molar-refractivity contribution in [2.75, 3.05) is 6.61 Å². The molecule has 1 unspecified atom stereocenters. The van der Waals surface area contributed by atoms with Gasteiger partial charge in [-0.05, 0) is 17.7 Å². The third kappa shape index (κ3) is 2.54. The second kappa shape index (κ2) is 5.14. The first-order valence-corrected chi connectivity index (χ1v) is 6.95. The molecular weight excluding hydrogens is 286 g/mol. The quantitative estimate of drug-likeness (QED) is 0.924. The molecule has 1 N–H and O–H groups in total. The summed E-state index contributed by atoms with van der Waals surface area (Å²) in [4.78, 5) is 12.0. The van der Waals surface area contributed by atoms with E-state index in [-0.39, 0.29) is 21.4 Å². The standard InChI is InChI=1S/C12H10ClN3O2S/c13-12-16-15-11(19-12)10(17)14-8-5-6-18-9-4-2-1-3-7(8)9/h1-4,8H,5-6H2,(H,14,17). The van der Waals surface area contributed by atoms with Crippen molar-refractivity contribution in [2.24, 2.45) is 0 Å². The third-order valence-electron chi connectivity index (χ3n) is 2.86. The zero-order valence-corrected chi connectivity index (χ0v) is 11.4. The molecule has 0 aliphatic carbocycles. The van der Waals surface area contributed by atoms with Crippen molar-refractivity contribution in [3.8, 4) is 5.75 Å². The van der Waals surface area contributed by atoms with Gasteiger partial charge in [0, 0.05) is 12.0 Å². The molecule has 0 radical (unpaired) electrons. The summed E-state index contributed by atoms with van der Waals surface area (Å²) in [6.07, 6.45) is 0.731. The maximum Gasteiger partial charge on any atom is 0.282 e. The molecule has 1 aliphatic heterocycles. The van der Waals surface area contributed by atoms with Gasteiger partial charge < -0.3 is 10.1 Å². The van der Waals surface area contributed by atoms with Crippen LogP contribution in [0.4, 0.5) is 0 Å². The molecule has 1 aliphatic rings. The van der Waals surface area contributed by atoms with Crippen LogP contribution in [0, 0.1) is 0 Å². The van der Waals surface area contributed by atoms with Crippen LogP contribution in [0.5, 0.6) is 5.75 Å². The number of rotatable bonds is 2. The van der Waals surface area contributed by atoms with Gasteiger partial charge in [-0.15, -0.1) is 10.2 Å². The number of nitrogens with one attached hydrogen (secondary N) is 1. The first kappa shape index (κ1) is 12.4. The summed E-state index contributed by atoms with van der Waals surface area (Å²) in [6.45, 7) is 0.582. The average Bonchev–Trinajstić information content (AvgIpc) is 2.86. The Bertz CT molecular complexity index is 617. The number of benzene rings is 1. The van der Waals surface area contributed by atoms with E-state index in [1.165, 1.54) is 0 Å². The Morgan fingerprint density at radius 1 is 1.42 bits per heavy atom. The number of carbonyl (C=O) groups is 1. The van der Waals surface area contributed by atoms with Crippen LogP contribution in [0.2, 0.25) is 4.47 Å². The van der Waals surface area contributed by atoms with Gasteiger partial charge in [0.15, 0.2) is 0 Å². The van der Waals surface area contributed by atoms with E-state index in [9.17, 15) is 4.79 Å². The number of amides is 1. The summed E-state index contributed by atoms with van der Waals surface area (Å²) in [5, 5.41) is 10.6. The van der Waals surface area contributed by atoms with Crippen molar-refractivity contribution in [3.05, 3.63) is 39.3 Å². The lowest BCUT2D eigenvalue weighted by Gasteiger charge is -2.26. The second-order valence-corrected chi connectivity index (χ2v) is 5.62. The van der Waals surface area contributed by atoms with Crippen LogP contribution in [0.1, 0.15) is 27.8 Å². The molecular formula is C12H10ClN3O2S. The minimum atomic E-state index is -0.258. The highest BCUT2D eigenvalue weighted by Crippen LogP contribution is 2.31. The van der Waals surface area contributed by atoms with E-state index in [0.29, 0.717) is 6.61 Å². The number of para-hydroxylation sites is 1. The molecule has 0 bridgehead atoms. The SMILES string of the molecule is O=C(NC1CCOc2ccccc21)c1nnc(Cl)s1. The van der Waals surface area contributed by atoms with E-state index in [0.717, 1.165) is 29.1 Å². The van der Waals surface area contributed by atoms with Crippen LogP contribution in [0.3, 0.4) is 0 Å². The third-order valence-corrected chi connectivity index (χ3v) is 3.88. The molecule has 7 heteroatoms. The van der Waals surface area contributed by atoms with Gasteiger partial charge in [0.25, 0.3) is 5.91 Å². The van der Waals surface area contributed by atoms with E-state index in [4.69, 9.17) is 16.3 Å². The summed E-state index contributed by atoms with van der Waals surface area (Å²) in [5.74, 6) is 0.556. The van der Waals surface area contributed by atoms with Crippen LogP contribution in [-0.4, -0.2) is 22.7 Å². The van der Waals surface area contributed by atoms with Crippen molar-refractivity contribution >= 4 is 28.8 Å². The molecule has 5 nitrogen and oxygen atoms in total. The highest BCUT2D eigenvalue weighted by atomic mass is 35.5. The molecule has 19 heavy (non-hydrogen) atoms. The molecule has 1 aromatic carbocycles. The molecule has 0 fully saturated rings. The molecule has 3 rings (SSSR count). The van der Waals surface area contributed by atoms with Gasteiger partial charge in [0.05, 0.1) is 12.6 Å². The lowest BCUT2D eigenvalue weighted by Crippen LogP contribution is -2.32. The first-order chi connectivity index (χ1) is 9.24. The minimum absolute atomic E-state index is 0.0693. The predicted molar refractivity (Wildman–Crippen MR) is 71.7 cm³/mol. The zero-order chi connectivity index (χ0) is 13.2. The zero-order valence-electron chi connectivity index (χ0n) is 9.80. The molecule has 2 aromatic rings. The summed E-state index contributed by atoms with van der Waals surface area (Å²) in [5.41, 5.74) is 0.984. The lowest BCUT2D eigenvalue weighted by molar-refractivity contribution is 0.0923. The van der Waals surface area contributed by atoms with E-state index >= 15 is 0 Å². The van der Waals surface area contributed by atoms with Crippen molar-refractivity contribution in [3.63, 3.8) is 0 Å². The van der Waals surface area contributed by atoms with Crippen molar-refractivity contribution in [2.45, 2.75) is 12.5 Å². The molecule has 2 heterocycles. The number of carbonyl (C=O) groups excluding carboxylic acids is 1. The Balaban J connectivity index is 1.79. The van der Waals surface area contributed by atoms with Gasteiger partial charge in [-0.3, -0.25) is 4.79 Å². The highest BCUT2D eigenvalue weighted by Gasteiger charge is 2.24. The van der Waals surface area contributed by atoms with Crippen LogP contribution in [-0.2, 0) is 0 Å². The topological polar surface area (TPSA) is 64.1 Å². The fourth-order valence-electron chi connectivity index (χ4n) is 2.01. The first-order valence-electron chi connectivity index (χ1n) is 5.75. The smallest absolute Gasteiger partial charge is 0.282 e. The fraction of sp³-hybridized carbons (Fsp3) is 0.250. The number of ether oxygens (including phenoxy) is 1. The summed E-state index contributed by atoms with van der Waals surface area (Å²) < 4.78 is 5.81. The number of halogens is 1. The van der Waals surface area contributed by atoms with Gasteiger partial charge in [-0.2, -0.15) is 0 Å². The maximum absolute atomic E-state index is 12.0. The summed E-state index contributed by atoms with van der Waals surface area (Å²) in [6, 6.07) is 7.62. The van der Waals surface area contributed by atoms with Crippen LogP contribution < -0.4 is 10.1 Å². The number of fused-ring (bicyclic) bond motifs is 1. The van der Waals surface area contributed by atoms with Crippen LogP contribution >= 0.6 is 22.9 Å². The van der Waals surface area contributed by atoms with Crippen LogP contribution in [0.15, 0.2) is 24.3 Å². The number of aromatic nitrogens is 2. The van der Waals surface area contributed by atoms with E-state index < -0.39 is 0 Å².